The number of hydrogen-bond acceptors (Lipinski definition) is 6. The zero-order chi connectivity index (χ0) is 20.3. The minimum atomic E-state index is -0.331. The lowest BCUT2D eigenvalue weighted by Crippen LogP contribution is -2.47. The van der Waals surface area contributed by atoms with Crippen LogP contribution in [0.15, 0.2) is 53.5 Å². The quantitative estimate of drug-likeness (QED) is 0.663. The maximum Gasteiger partial charge on any atom is 0.274 e. The van der Waals surface area contributed by atoms with E-state index in [1.54, 1.807) is 19.5 Å². The number of methoxy groups -OCH3 is 1. The Hall–Kier alpha value is -3.22. The summed E-state index contributed by atoms with van der Waals surface area (Å²) in [6, 6.07) is 7.91. The Morgan fingerprint density at radius 3 is 2.97 bits per heavy atom. The van der Waals surface area contributed by atoms with Crippen LogP contribution in [-0.4, -0.2) is 46.0 Å². The predicted molar refractivity (Wildman–Crippen MR) is 107 cm³/mol. The Labute approximate surface area is 169 Å². The van der Waals surface area contributed by atoms with Gasteiger partial charge in [0.25, 0.3) is 5.91 Å². The van der Waals surface area contributed by atoms with Crippen molar-refractivity contribution in [1.82, 2.24) is 19.9 Å². The van der Waals surface area contributed by atoms with Crippen molar-refractivity contribution < 1.29 is 13.9 Å². The van der Waals surface area contributed by atoms with E-state index >= 15 is 0 Å². The Kier molecular flexibility index (Phi) is 5.29. The summed E-state index contributed by atoms with van der Waals surface area (Å²) in [6.45, 7) is 3.34. The van der Waals surface area contributed by atoms with E-state index in [1.165, 1.54) is 12.4 Å². The summed E-state index contributed by atoms with van der Waals surface area (Å²) in [7, 11) is 1.66. The maximum absolute atomic E-state index is 12.8. The van der Waals surface area contributed by atoms with E-state index in [1.807, 2.05) is 29.2 Å². The Morgan fingerprint density at radius 2 is 2.17 bits per heavy atom. The second-order valence-corrected chi connectivity index (χ2v) is 7.64. The first-order chi connectivity index (χ1) is 14.1. The highest BCUT2D eigenvalue weighted by atomic mass is 16.5. The highest BCUT2D eigenvalue weighted by Gasteiger charge is 2.39. The molecule has 1 aliphatic heterocycles. The third-order valence-electron chi connectivity index (χ3n) is 5.35. The molecule has 0 N–H and O–H groups in total. The molecule has 0 unspecified atom stereocenters. The molecule has 3 heterocycles. The summed E-state index contributed by atoms with van der Waals surface area (Å²) in [5.41, 5.74) is 1.13. The van der Waals surface area contributed by atoms with Crippen molar-refractivity contribution >= 4 is 5.91 Å². The number of carbonyl (C=O) groups is 1. The molecular weight excluding hydrogens is 368 g/mol. The van der Waals surface area contributed by atoms with Gasteiger partial charge in [0, 0.05) is 31.9 Å². The molecule has 1 amide bonds. The number of ether oxygens (including phenoxy) is 1. The largest absolute Gasteiger partial charge is 0.497 e. The number of piperidine rings is 1. The molecule has 2 aromatic heterocycles. The van der Waals surface area contributed by atoms with Gasteiger partial charge in [0.05, 0.1) is 24.9 Å². The topological polar surface area (TPSA) is 81.4 Å². The van der Waals surface area contributed by atoms with Gasteiger partial charge in [0.1, 0.15) is 17.2 Å². The summed E-state index contributed by atoms with van der Waals surface area (Å²) >= 11 is 0. The SMILES string of the molecule is COc1cccc(Cc2cnc([C@]3(C)CCCN(C(=O)c4cnccn4)C3)o2)c1. The van der Waals surface area contributed by atoms with Gasteiger partial charge in [-0.25, -0.2) is 9.97 Å². The summed E-state index contributed by atoms with van der Waals surface area (Å²) in [6.07, 6.45) is 8.83. The van der Waals surface area contributed by atoms with Gasteiger partial charge in [-0.05, 0) is 37.5 Å². The molecule has 3 aromatic rings. The van der Waals surface area contributed by atoms with E-state index in [9.17, 15) is 4.79 Å². The lowest BCUT2D eigenvalue weighted by atomic mass is 9.81. The van der Waals surface area contributed by atoms with Gasteiger partial charge in [0.15, 0.2) is 0 Å². The third kappa shape index (κ3) is 4.13. The number of likely N-dealkylation sites (tertiary alicyclic amines) is 1. The Balaban J connectivity index is 1.49. The average molecular weight is 392 g/mol. The highest BCUT2D eigenvalue weighted by molar-refractivity contribution is 5.92. The minimum Gasteiger partial charge on any atom is -0.497 e. The number of amides is 1. The van der Waals surface area contributed by atoms with Crippen LogP contribution in [0.5, 0.6) is 5.75 Å². The van der Waals surface area contributed by atoms with Gasteiger partial charge in [0.2, 0.25) is 5.89 Å². The van der Waals surface area contributed by atoms with Gasteiger partial charge in [-0.2, -0.15) is 0 Å². The highest BCUT2D eigenvalue weighted by Crippen LogP contribution is 2.34. The monoisotopic (exact) mass is 392 g/mol. The number of nitrogens with zero attached hydrogens (tertiary/aromatic N) is 4. The molecule has 150 valence electrons. The number of aromatic nitrogens is 3. The molecule has 0 radical (unpaired) electrons. The van der Waals surface area contributed by atoms with Crippen LogP contribution in [0, 0.1) is 0 Å². The third-order valence-corrected chi connectivity index (χ3v) is 5.35. The molecule has 0 spiro atoms. The first-order valence-corrected chi connectivity index (χ1v) is 9.71. The fourth-order valence-electron chi connectivity index (χ4n) is 3.81. The molecule has 0 aliphatic carbocycles. The lowest BCUT2D eigenvalue weighted by molar-refractivity contribution is 0.0619. The molecule has 1 saturated heterocycles. The normalized spacial score (nSPS) is 19.2. The Morgan fingerprint density at radius 1 is 1.28 bits per heavy atom. The molecular formula is C22H24N4O3. The van der Waals surface area contributed by atoms with Crippen LogP contribution in [0.4, 0.5) is 0 Å². The standard InChI is InChI=1S/C22H24N4O3/c1-22(7-4-10-26(15-22)20(27)19-14-23-8-9-24-19)21-25-13-18(29-21)12-16-5-3-6-17(11-16)28-2/h3,5-6,8-9,11,13-14H,4,7,10,12,15H2,1-2H3/t22-/m1/s1. The van der Waals surface area contributed by atoms with E-state index in [0.29, 0.717) is 31.1 Å². The fraction of sp³-hybridized carbons (Fsp3) is 0.364. The maximum atomic E-state index is 12.8. The van der Waals surface area contributed by atoms with Gasteiger partial charge >= 0.3 is 0 Å². The molecule has 1 aliphatic rings. The smallest absolute Gasteiger partial charge is 0.274 e. The van der Waals surface area contributed by atoms with Gasteiger partial charge in [-0.15, -0.1) is 0 Å². The van der Waals surface area contributed by atoms with Gasteiger partial charge in [-0.3, -0.25) is 9.78 Å². The molecule has 7 nitrogen and oxygen atoms in total. The van der Waals surface area contributed by atoms with E-state index in [2.05, 4.69) is 21.9 Å². The molecule has 0 saturated carbocycles. The number of rotatable bonds is 5. The van der Waals surface area contributed by atoms with Crippen molar-refractivity contribution in [3.63, 3.8) is 0 Å². The molecule has 4 rings (SSSR count). The van der Waals surface area contributed by atoms with Gasteiger partial charge in [-0.1, -0.05) is 12.1 Å². The lowest BCUT2D eigenvalue weighted by Gasteiger charge is -2.38. The van der Waals surface area contributed by atoms with Crippen molar-refractivity contribution in [2.45, 2.75) is 31.6 Å². The molecule has 1 atom stereocenters. The molecule has 1 fully saturated rings. The van der Waals surface area contributed by atoms with E-state index in [-0.39, 0.29) is 11.3 Å². The van der Waals surface area contributed by atoms with Gasteiger partial charge < -0.3 is 14.1 Å². The van der Waals surface area contributed by atoms with E-state index < -0.39 is 0 Å². The number of benzene rings is 1. The number of hydrogen-bond donors (Lipinski definition) is 0. The van der Waals surface area contributed by atoms with Crippen molar-refractivity contribution in [2.24, 2.45) is 0 Å². The summed E-state index contributed by atoms with van der Waals surface area (Å²) in [4.78, 5) is 27.3. The molecule has 7 heteroatoms. The van der Waals surface area contributed by atoms with Crippen LogP contribution in [0.3, 0.4) is 0 Å². The van der Waals surface area contributed by atoms with Crippen molar-refractivity contribution in [3.8, 4) is 5.75 Å². The zero-order valence-electron chi connectivity index (χ0n) is 16.7. The van der Waals surface area contributed by atoms with Crippen LogP contribution in [0.25, 0.3) is 0 Å². The van der Waals surface area contributed by atoms with Crippen LogP contribution in [0.2, 0.25) is 0 Å². The predicted octanol–water partition coefficient (Wildman–Crippen LogP) is 3.26. The fourth-order valence-corrected chi connectivity index (χ4v) is 3.81. The second kappa shape index (κ2) is 8.03. The van der Waals surface area contributed by atoms with Crippen LogP contribution >= 0.6 is 0 Å². The van der Waals surface area contributed by atoms with E-state index in [4.69, 9.17) is 9.15 Å². The summed E-state index contributed by atoms with van der Waals surface area (Å²) in [5, 5.41) is 0. The first-order valence-electron chi connectivity index (χ1n) is 9.71. The minimum absolute atomic E-state index is 0.104. The number of carbonyl (C=O) groups excluding carboxylic acids is 1. The zero-order valence-corrected chi connectivity index (χ0v) is 16.7. The van der Waals surface area contributed by atoms with Crippen LogP contribution < -0.4 is 4.74 Å². The van der Waals surface area contributed by atoms with Crippen molar-refractivity contribution in [3.05, 3.63) is 72.0 Å². The first kappa shape index (κ1) is 19.1. The van der Waals surface area contributed by atoms with E-state index in [0.717, 1.165) is 29.9 Å². The van der Waals surface area contributed by atoms with Crippen LogP contribution in [-0.2, 0) is 11.8 Å². The summed E-state index contributed by atoms with van der Waals surface area (Å²) in [5.74, 6) is 2.19. The molecule has 1 aromatic carbocycles. The molecule has 0 bridgehead atoms. The van der Waals surface area contributed by atoms with Crippen molar-refractivity contribution in [1.29, 1.82) is 0 Å². The summed E-state index contributed by atoms with van der Waals surface area (Å²) < 4.78 is 11.4. The number of oxazole rings is 1. The Bertz CT molecular complexity index is 988. The van der Waals surface area contributed by atoms with Crippen molar-refractivity contribution in [2.75, 3.05) is 20.2 Å². The average Bonchev–Trinajstić information content (AvgIpc) is 3.23. The molecule has 29 heavy (non-hydrogen) atoms. The van der Waals surface area contributed by atoms with Crippen LogP contribution in [0.1, 0.15) is 47.5 Å². The second-order valence-electron chi connectivity index (χ2n) is 7.64.